The minimum absolute atomic E-state index is 0.119. The molecule has 0 aromatic heterocycles. The lowest BCUT2D eigenvalue weighted by atomic mass is 9.98. The molecule has 3 saturated heterocycles. The highest BCUT2D eigenvalue weighted by Gasteiger charge is 2.59. The Balaban J connectivity index is 1.87. The molecule has 3 heterocycles. The van der Waals surface area contributed by atoms with Gasteiger partial charge < -0.3 is 39.2 Å². The molecule has 160 valence electrons. The van der Waals surface area contributed by atoms with E-state index in [0.717, 1.165) is 4.90 Å². The Morgan fingerprint density at radius 3 is 2.46 bits per heavy atom. The number of methoxy groups -OCH3 is 1. The minimum atomic E-state index is -1.42. The van der Waals surface area contributed by atoms with Gasteiger partial charge in [-0.25, -0.2) is 4.79 Å². The highest BCUT2D eigenvalue weighted by atomic mass is 16.8. The van der Waals surface area contributed by atoms with Crippen LogP contribution in [-0.4, -0.2) is 119 Å². The van der Waals surface area contributed by atoms with Crippen LogP contribution in [0, 0.1) is 0 Å². The van der Waals surface area contributed by atoms with Gasteiger partial charge in [0.15, 0.2) is 18.1 Å². The van der Waals surface area contributed by atoms with Crippen molar-refractivity contribution < 1.29 is 43.9 Å². The minimum Gasteiger partial charge on any atom is -0.480 e. The first-order valence-electron chi connectivity index (χ1n) is 9.08. The molecule has 0 radical (unpaired) electrons. The number of ether oxygens (including phenoxy) is 4. The summed E-state index contributed by atoms with van der Waals surface area (Å²) in [5, 5.41) is 30.7. The molecule has 0 unspecified atom stereocenters. The van der Waals surface area contributed by atoms with Gasteiger partial charge in [-0.05, 0) is 20.9 Å². The highest BCUT2D eigenvalue weighted by molar-refractivity contribution is 5.88. The molecule has 0 saturated carbocycles. The number of hydrogen-bond donors (Lipinski definition) is 3. The van der Waals surface area contributed by atoms with Crippen molar-refractivity contribution in [1.82, 2.24) is 9.80 Å². The molecule has 3 aliphatic heterocycles. The molecule has 0 bridgehead atoms. The van der Waals surface area contributed by atoms with Crippen LogP contribution in [0.15, 0.2) is 0 Å². The number of carboxylic acids is 1. The maximum atomic E-state index is 13.0. The number of fused-ring (bicyclic) bond motifs is 1. The number of rotatable bonds is 4. The first kappa shape index (κ1) is 21.4. The van der Waals surface area contributed by atoms with Gasteiger partial charge in [-0.15, -0.1) is 0 Å². The van der Waals surface area contributed by atoms with Gasteiger partial charge in [0, 0.05) is 20.7 Å². The van der Waals surface area contributed by atoms with Gasteiger partial charge in [-0.2, -0.15) is 0 Å². The molecule has 8 atom stereocenters. The van der Waals surface area contributed by atoms with Crippen molar-refractivity contribution in [3.05, 3.63) is 0 Å². The van der Waals surface area contributed by atoms with Crippen LogP contribution in [0.4, 0.5) is 0 Å². The normalized spacial score (nSPS) is 42.3. The van der Waals surface area contributed by atoms with Crippen LogP contribution in [0.3, 0.4) is 0 Å². The van der Waals surface area contributed by atoms with E-state index < -0.39 is 66.6 Å². The van der Waals surface area contributed by atoms with E-state index in [-0.39, 0.29) is 6.54 Å². The first-order valence-corrected chi connectivity index (χ1v) is 9.08. The molecule has 28 heavy (non-hydrogen) atoms. The summed E-state index contributed by atoms with van der Waals surface area (Å²) in [5.41, 5.74) is 0. The molecular weight excluding hydrogens is 376 g/mol. The Kier molecular flexibility index (Phi) is 5.71. The number of likely N-dealkylation sites (N-methyl/N-ethyl adjacent to an activating group) is 2. The predicted molar refractivity (Wildman–Crippen MR) is 92.1 cm³/mol. The Hall–Kier alpha value is -1.34. The third-order valence-electron chi connectivity index (χ3n) is 5.52. The standard InChI is InChI=1S/C17H28N2O9/c1-17(2)27-12-11(26-16(25-5)13(12)28-17)10(21)9-14(22)19(4)8(15(23)24)7(20)6-18(9)3/h7-13,16,20-21H,6H2,1-5H3,(H,23,24)/t7-,8-,9-,10-,11+,12+,13+,16+/m0/s1. The summed E-state index contributed by atoms with van der Waals surface area (Å²) in [7, 11) is 4.26. The van der Waals surface area contributed by atoms with Gasteiger partial charge in [-0.3, -0.25) is 9.69 Å². The molecule has 0 aromatic carbocycles. The number of carbonyl (C=O) groups excluding carboxylic acids is 1. The van der Waals surface area contributed by atoms with Crippen molar-refractivity contribution in [2.75, 3.05) is 27.7 Å². The third-order valence-corrected chi connectivity index (χ3v) is 5.52. The van der Waals surface area contributed by atoms with Crippen LogP contribution in [0.25, 0.3) is 0 Å². The Morgan fingerprint density at radius 1 is 1.29 bits per heavy atom. The second kappa shape index (κ2) is 7.48. The number of β-amino-alcohol motifs (C(OH)–C–C–N with tert-alkyl or cyclic N) is 1. The van der Waals surface area contributed by atoms with Crippen molar-refractivity contribution in [3.8, 4) is 0 Å². The van der Waals surface area contributed by atoms with Gasteiger partial charge in [0.05, 0.1) is 6.10 Å². The van der Waals surface area contributed by atoms with Crippen LogP contribution in [0.5, 0.6) is 0 Å². The number of hydrogen-bond acceptors (Lipinski definition) is 9. The van der Waals surface area contributed by atoms with E-state index in [2.05, 4.69) is 0 Å². The molecule has 3 aliphatic rings. The summed E-state index contributed by atoms with van der Waals surface area (Å²) >= 11 is 0. The predicted octanol–water partition coefficient (Wildman–Crippen LogP) is -2.17. The summed E-state index contributed by atoms with van der Waals surface area (Å²) in [6, 6.07) is -2.56. The Bertz CT molecular complexity index is 630. The van der Waals surface area contributed by atoms with Crippen molar-refractivity contribution >= 4 is 11.9 Å². The molecule has 0 aromatic rings. The number of carboxylic acid groups (broad SMARTS) is 1. The monoisotopic (exact) mass is 404 g/mol. The van der Waals surface area contributed by atoms with Crippen LogP contribution < -0.4 is 0 Å². The molecular formula is C17H28N2O9. The lowest BCUT2D eigenvalue weighted by Gasteiger charge is -2.34. The first-order chi connectivity index (χ1) is 13.0. The van der Waals surface area contributed by atoms with Gasteiger partial charge >= 0.3 is 5.97 Å². The SMILES string of the molecule is CO[C@@H]1O[C@H]([C@@H](O)[C@H]2C(=O)N(C)[C@H](C(=O)O)[C@@H](O)CN2C)[C@H]2OC(C)(C)O[C@@H]12. The molecule has 3 N–H and O–H groups in total. The average molecular weight is 404 g/mol. The van der Waals surface area contributed by atoms with E-state index in [1.165, 1.54) is 26.1 Å². The smallest absolute Gasteiger partial charge is 0.329 e. The summed E-state index contributed by atoms with van der Waals surface area (Å²) in [6.45, 7) is 3.34. The zero-order valence-corrected chi connectivity index (χ0v) is 16.5. The number of aliphatic hydroxyl groups excluding tert-OH is 2. The zero-order valence-electron chi connectivity index (χ0n) is 16.5. The van der Waals surface area contributed by atoms with Crippen LogP contribution in [-0.2, 0) is 28.5 Å². The second-order valence-electron chi connectivity index (χ2n) is 7.94. The van der Waals surface area contributed by atoms with E-state index in [4.69, 9.17) is 18.9 Å². The molecule has 11 heteroatoms. The van der Waals surface area contributed by atoms with E-state index in [1.807, 2.05) is 0 Å². The summed E-state index contributed by atoms with van der Waals surface area (Å²) < 4.78 is 22.7. The highest BCUT2D eigenvalue weighted by Crippen LogP contribution is 2.41. The fourth-order valence-corrected chi connectivity index (χ4v) is 4.27. The molecule has 1 amide bonds. The van der Waals surface area contributed by atoms with Crippen molar-refractivity contribution in [3.63, 3.8) is 0 Å². The van der Waals surface area contributed by atoms with Gasteiger partial charge in [0.1, 0.15) is 30.5 Å². The molecule has 3 fully saturated rings. The number of amides is 1. The second-order valence-corrected chi connectivity index (χ2v) is 7.94. The summed E-state index contributed by atoms with van der Waals surface area (Å²) in [5.74, 6) is -2.87. The lowest BCUT2D eigenvalue weighted by molar-refractivity contribution is -0.239. The van der Waals surface area contributed by atoms with E-state index in [9.17, 15) is 24.9 Å². The largest absolute Gasteiger partial charge is 0.480 e. The summed E-state index contributed by atoms with van der Waals surface area (Å²) in [6.07, 6.45) is -5.67. The number of carbonyl (C=O) groups is 2. The average Bonchev–Trinajstić information content (AvgIpc) is 3.03. The maximum absolute atomic E-state index is 13.0. The van der Waals surface area contributed by atoms with Crippen LogP contribution in [0.2, 0.25) is 0 Å². The van der Waals surface area contributed by atoms with Gasteiger partial charge in [0.25, 0.3) is 0 Å². The van der Waals surface area contributed by atoms with E-state index >= 15 is 0 Å². The molecule has 11 nitrogen and oxygen atoms in total. The molecule has 0 spiro atoms. The zero-order chi connectivity index (χ0) is 21.0. The summed E-state index contributed by atoms with van der Waals surface area (Å²) in [4.78, 5) is 26.9. The fraction of sp³-hybridized carbons (Fsp3) is 0.882. The Labute approximate surface area is 162 Å². The van der Waals surface area contributed by atoms with Crippen LogP contribution in [0.1, 0.15) is 13.8 Å². The van der Waals surface area contributed by atoms with Crippen molar-refractivity contribution in [1.29, 1.82) is 0 Å². The number of nitrogens with zero attached hydrogens (tertiary/aromatic N) is 2. The quantitative estimate of drug-likeness (QED) is 0.474. The molecule has 3 rings (SSSR count). The maximum Gasteiger partial charge on any atom is 0.329 e. The van der Waals surface area contributed by atoms with E-state index in [1.54, 1.807) is 13.8 Å². The third kappa shape index (κ3) is 3.52. The van der Waals surface area contributed by atoms with Gasteiger partial charge in [-0.1, -0.05) is 0 Å². The lowest BCUT2D eigenvalue weighted by Crippen LogP contribution is -2.57. The van der Waals surface area contributed by atoms with Crippen molar-refractivity contribution in [2.24, 2.45) is 0 Å². The Morgan fingerprint density at radius 2 is 1.89 bits per heavy atom. The van der Waals surface area contributed by atoms with Crippen LogP contribution >= 0.6 is 0 Å². The number of aliphatic hydroxyl groups is 2. The topological polar surface area (TPSA) is 138 Å². The van der Waals surface area contributed by atoms with E-state index in [0.29, 0.717) is 0 Å². The fourth-order valence-electron chi connectivity index (χ4n) is 4.27. The molecule has 0 aliphatic carbocycles. The van der Waals surface area contributed by atoms with Crippen molar-refractivity contribution in [2.45, 2.75) is 68.5 Å². The van der Waals surface area contributed by atoms with Gasteiger partial charge in [0.2, 0.25) is 5.91 Å². The number of aliphatic carboxylic acids is 1.